The van der Waals surface area contributed by atoms with E-state index in [4.69, 9.17) is 23.7 Å². The van der Waals surface area contributed by atoms with Crippen molar-refractivity contribution in [1.82, 2.24) is 4.98 Å². The molecule has 7 heteroatoms. The lowest BCUT2D eigenvalue weighted by molar-refractivity contribution is 0.0519. The van der Waals surface area contributed by atoms with Gasteiger partial charge in [0.05, 0.1) is 40.7 Å². The Morgan fingerprint density at radius 2 is 1.47 bits per heavy atom. The molecule has 1 aromatic heterocycles. The zero-order valence-electron chi connectivity index (χ0n) is 17.8. The summed E-state index contributed by atoms with van der Waals surface area (Å²) in [4.78, 5) is 17.0. The van der Waals surface area contributed by atoms with Gasteiger partial charge < -0.3 is 23.7 Å². The van der Waals surface area contributed by atoms with Crippen LogP contribution < -0.4 is 18.9 Å². The van der Waals surface area contributed by atoms with Crippen molar-refractivity contribution in [3.8, 4) is 23.0 Å². The molecular formula is C23H25NO6. The predicted molar refractivity (Wildman–Crippen MR) is 113 cm³/mol. The number of pyridine rings is 1. The van der Waals surface area contributed by atoms with Crippen molar-refractivity contribution in [2.24, 2.45) is 0 Å². The molecule has 0 N–H and O–H groups in total. The van der Waals surface area contributed by atoms with Gasteiger partial charge in [-0.05, 0) is 48.2 Å². The minimum Gasteiger partial charge on any atom is -0.493 e. The molecular weight excluding hydrogens is 386 g/mol. The normalized spacial score (nSPS) is 10.6. The maximum Gasteiger partial charge on any atom is 0.356 e. The summed E-state index contributed by atoms with van der Waals surface area (Å²) in [5.41, 5.74) is 1.91. The van der Waals surface area contributed by atoms with E-state index < -0.39 is 5.97 Å². The van der Waals surface area contributed by atoms with Crippen LogP contribution in [0.15, 0.2) is 36.4 Å². The lowest BCUT2D eigenvalue weighted by atomic mass is 10.0. The number of aromatic nitrogens is 1. The van der Waals surface area contributed by atoms with E-state index in [9.17, 15) is 4.79 Å². The Kier molecular flexibility index (Phi) is 6.61. The van der Waals surface area contributed by atoms with E-state index in [1.807, 2.05) is 30.3 Å². The Balaban J connectivity index is 2.16. The van der Waals surface area contributed by atoms with Gasteiger partial charge in [-0.3, -0.25) is 0 Å². The highest BCUT2D eigenvalue weighted by atomic mass is 16.5. The standard InChI is InChI=1S/C23H25NO6/c1-6-30-23(25)18-11-15-12-21(28-4)22(29-5)13-16(15)17(24-18)9-14-7-8-19(26-2)20(10-14)27-3/h7-8,10-13H,6,9H2,1-5H3. The van der Waals surface area contributed by atoms with Gasteiger partial charge in [0, 0.05) is 11.8 Å². The summed E-state index contributed by atoms with van der Waals surface area (Å²) < 4.78 is 26.7. The lowest BCUT2D eigenvalue weighted by Crippen LogP contribution is -2.09. The van der Waals surface area contributed by atoms with E-state index in [-0.39, 0.29) is 12.3 Å². The molecule has 30 heavy (non-hydrogen) atoms. The molecule has 0 atom stereocenters. The van der Waals surface area contributed by atoms with E-state index in [1.165, 1.54) is 0 Å². The van der Waals surface area contributed by atoms with E-state index in [2.05, 4.69) is 4.98 Å². The second-order valence-electron chi connectivity index (χ2n) is 6.47. The Bertz CT molecular complexity index is 1060. The van der Waals surface area contributed by atoms with Crippen LogP contribution in [-0.2, 0) is 11.2 Å². The molecule has 7 nitrogen and oxygen atoms in total. The molecule has 3 aromatic rings. The molecule has 0 saturated carbocycles. The van der Waals surface area contributed by atoms with Crippen LogP contribution in [0.3, 0.4) is 0 Å². The topological polar surface area (TPSA) is 76.1 Å². The molecule has 0 fully saturated rings. The molecule has 0 unspecified atom stereocenters. The molecule has 0 saturated heterocycles. The first kappa shape index (κ1) is 21.2. The smallest absolute Gasteiger partial charge is 0.356 e. The van der Waals surface area contributed by atoms with Gasteiger partial charge in [-0.25, -0.2) is 9.78 Å². The van der Waals surface area contributed by atoms with Gasteiger partial charge in [0.25, 0.3) is 0 Å². The number of ether oxygens (including phenoxy) is 5. The summed E-state index contributed by atoms with van der Waals surface area (Å²) >= 11 is 0. The minimum absolute atomic E-state index is 0.243. The Labute approximate surface area is 175 Å². The van der Waals surface area contributed by atoms with Crippen molar-refractivity contribution >= 4 is 16.7 Å². The van der Waals surface area contributed by atoms with Gasteiger partial charge in [-0.2, -0.15) is 0 Å². The van der Waals surface area contributed by atoms with Gasteiger partial charge in [-0.1, -0.05) is 6.07 Å². The van der Waals surface area contributed by atoms with Gasteiger partial charge in [0.1, 0.15) is 5.69 Å². The first-order valence-electron chi connectivity index (χ1n) is 9.48. The summed E-state index contributed by atoms with van der Waals surface area (Å²) in [6, 6.07) is 11.1. The summed E-state index contributed by atoms with van der Waals surface area (Å²) in [7, 11) is 6.34. The average molecular weight is 411 g/mol. The van der Waals surface area contributed by atoms with Crippen LogP contribution in [0.4, 0.5) is 0 Å². The summed E-state index contributed by atoms with van der Waals surface area (Å²) in [6.07, 6.45) is 0.472. The molecule has 3 rings (SSSR count). The van der Waals surface area contributed by atoms with Gasteiger partial charge in [-0.15, -0.1) is 0 Å². The zero-order valence-corrected chi connectivity index (χ0v) is 17.8. The third kappa shape index (κ3) is 4.25. The molecule has 0 radical (unpaired) electrons. The average Bonchev–Trinajstić information content (AvgIpc) is 2.77. The summed E-state index contributed by atoms with van der Waals surface area (Å²) in [5, 5.41) is 1.66. The fraction of sp³-hybridized carbons (Fsp3) is 0.304. The van der Waals surface area contributed by atoms with Crippen molar-refractivity contribution in [3.05, 3.63) is 53.3 Å². The van der Waals surface area contributed by atoms with Gasteiger partial charge >= 0.3 is 5.97 Å². The predicted octanol–water partition coefficient (Wildman–Crippen LogP) is 4.04. The number of hydrogen-bond donors (Lipinski definition) is 0. The fourth-order valence-electron chi connectivity index (χ4n) is 3.28. The van der Waals surface area contributed by atoms with Crippen molar-refractivity contribution in [1.29, 1.82) is 0 Å². The number of methoxy groups -OCH3 is 4. The van der Waals surface area contributed by atoms with Crippen molar-refractivity contribution < 1.29 is 28.5 Å². The zero-order chi connectivity index (χ0) is 21.7. The lowest BCUT2D eigenvalue weighted by Gasteiger charge is -2.14. The molecule has 2 aromatic carbocycles. The summed E-state index contributed by atoms with van der Waals surface area (Å²) in [6.45, 7) is 2.03. The van der Waals surface area contributed by atoms with E-state index >= 15 is 0 Å². The molecule has 0 aliphatic rings. The van der Waals surface area contributed by atoms with E-state index in [1.54, 1.807) is 41.4 Å². The molecule has 0 spiro atoms. The maximum absolute atomic E-state index is 12.4. The fourth-order valence-corrected chi connectivity index (χ4v) is 3.28. The number of hydrogen-bond acceptors (Lipinski definition) is 7. The molecule has 0 aliphatic heterocycles. The number of carbonyl (C=O) groups is 1. The summed E-state index contributed by atoms with van der Waals surface area (Å²) in [5.74, 6) is 1.96. The Morgan fingerprint density at radius 3 is 2.10 bits per heavy atom. The van der Waals surface area contributed by atoms with Crippen LogP contribution in [-0.4, -0.2) is 46.0 Å². The van der Waals surface area contributed by atoms with E-state index in [0.29, 0.717) is 35.1 Å². The molecule has 1 heterocycles. The van der Waals surface area contributed by atoms with Crippen LogP contribution in [0.5, 0.6) is 23.0 Å². The van der Waals surface area contributed by atoms with Crippen LogP contribution in [0.25, 0.3) is 10.8 Å². The van der Waals surface area contributed by atoms with Gasteiger partial charge in [0.2, 0.25) is 0 Å². The maximum atomic E-state index is 12.4. The minimum atomic E-state index is -0.470. The quantitative estimate of drug-likeness (QED) is 0.518. The second-order valence-corrected chi connectivity index (χ2v) is 6.47. The second kappa shape index (κ2) is 9.35. The van der Waals surface area contributed by atoms with E-state index in [0.717, 1.165) is 16.3 Å². The highest BCUT2D eigenvalue weighted by Crippen LogP contribution is 2.35. The third-order valence-corrected chi connectivity index (χ3v) is 4.72. The molecule has 0 amide bonds. The number of benzene rings is 2. The number of rotatable bonds is 8. The first-order chi connectivity index (χ1) is 14.5. The largest absolute Gasteiger partial charge is 0.493 e. The van der Waals surface area contributed by atoms with Crippen LogP contribution >= 0.6 is 0 Å². The van der Waals surface area contributed by atoms with Gasteiger partial charge in [0.15, 0.2) is 23.0 Å². The number of carbonyl (C=O) groups excluding carboxylic acids is 1. The van der Waals surface area contributed by atoms with Crippen molar-refractivity contribution in [3.63, 3.8) is 0 Å². The first-order valence-corrected chi connectivity index (χ1v) is 9.48. The van der Waals surface area contributed by atoms with Crippen LogP contribution in [0.1, 0.15) is 28.7 Å². The van der Waals surface area contributed by atoms with Crippen molar-refractivity contribution in [2.45, 2.75) is 13.3 Å². The number of fused-ring (bicyclic) bond motifs is 1. The molecule has 0 bridgehead atoms. The Morgan fingerprint density at radius 1 is 0.833 bits per heavy atom. The molecule has 0 aliphatic carbocycles. The SMILES string of the molecule is CCOC(=O)c1cc2cc(OC)c(OC)cc2c(Cc2ccc(OC)c(OC)c2)n1. The molecule has 158 valence electrons. The third-order valence-electron chi connectivity index (χ3n) is 4.72. The highest BCUT2D eigenvalue weighted by Gasteiger charge is 2.17. The highest BCUT2D eigenvalue weighted by molar-refractivity contribution is 5.95. The Hall–Kier alpha value is -3.48. The number of esters is 1. The van der Waals surface area contributed by atoms with Crippen LogP contribution in [0, 0.1) is 0 Å². The van der Waals surface area contributed by atoms with Crippen molar-refractivity contribution in [2.75, 3.05) is 35.0 Å². The monoisotopic (exact) mass is 411 g/mol. The number of nitrogens with zero attached hydrogens (tertiary/aromatic N) is 1. The van der Waals surface area contributed by atoms with Crippen LogP contribution in [0.2, 0.25) is 0 Å².